The fourth-order valence-corrected chi connectivity index (χ4v) is 3.47. The molecule has 0 N–H and O–H groups in total. The van der Waals surface area contributed by atoms with Crippen molar-refractivity contribution >= 4 is 5.91 Å². The number of piperazine rings is 1. The first kappa shape index (κ1) is 18.5. The van der Waals surface area contributed by atoms with Crippen LogP contribution in [0.2, 0.25) is 0 Å². The molecule has 0 aromatic heterocycles. The third-order valence-electron chi connectivity index (χ3n) is 4.86. The molecular formula is C21H24F2N2O. The van der Waals surface area contributed by atoms with E-state index in [1.807, 2.05) is 18.7 Å². The van der Waals surface area contributed by atoms with Crippen LogP contribution in [0.4, 0.5) is 8.78 Å². The van der Waals surface area contributed by atoms with Gasteiger partial charge in [-0.3, -0.25) is 9.69 Å². The standard InChI is InChI=1S/C21H24F2N2O/c1-15(2)21(26)25-13-11-24(12-14-25)20(16-3-7-18(22)8-4-16)17-5-9-19(23)10-6-17/h3-10,15,20H,11-14H2,1-2H3. The number of rotatable bonds is 4. The van der Waals surface area contributed by atoms with Gasteiger partial charge in [-0.25, -0.2) is 8.78 Å². The number of hydrogen-bond donors (Lipinski definition) is 0. The van der Waals surface area contributed by atoms with E-state index in [2.05, 4.69) is 4.90 Å². The first-order valence-electron chi connectivity index (χ1n) is 8.99. The molecule has 0 saturated carbocycles. The van der Waals surface area contributed by atoms with E-state index in [4.69, 9.17) is 0 Å². The minimum absolute atomic E-state index is 0.00783. The zero-order valence-corrected chi connectivity index (χ0v) is 15.2. The molecule has 3 nitrogen and oxygen atoms in total. The van der Waals surface area contributed by atoms with Gasteiger partial charge in [0.25, 0.3) is 0 Å². The summed E-state index contributed by atoms with van der Waals surface area (Å²) in [5.74, 6) is -0.394. The van der Waals surface area contributed by atoms with E-state index < -0.39 is 0 Å². The largest absolute Gasteiger partial charge is 0.340 e. The lowest BCUT2D eigenvalue weighted by atomic mass is 9.96. The third-order valence-corrected chi connectivity index (χ3v) is 4.86. The van der Waals surface area contributed by atoms with Crippen LogP contribution in [0.5, 0.6) is 0 Å². The van der Waals surface area contributed by atoms with Crippen LogP contribution in [0, 0.1) is 17.6 Å². The summed E-state index contributed by atoms with van der Waals surface area (Å²) >= 11 is 0. The van der Waals surface area contributed by atoms with Crippen molar-refractivity contribution in [2.45, 2.75) is 19.9 Å². The van der Waals surface area contributed by atoms with Crippen LogP contribution in [0.15, 0.2) is 48.5 Å². The summed E-state index contributed by atoms with van der Waals surface area (Å²) < 4.78 is 26.7. The first-order chi connectivity index (χ1) is 12.5. The molecule has 26 heavy (non-hydrogen) atoms. The molecule has 0 aliphatic carbocycles. The summed E-state index contributed by atoms with van der Waals surface area (Å²) in [5, 5.41) is 0. The second-order valence-electron chi connectivity index (χ2n) is 7.02. The van der Waals surface area contributed by atoms with Gasteiger partial charge in [0, 0.05) is 32.1 Å². The van der Waals surface area contributed by atoms with Gasteiger partial charge in [-0.05, 0) is 35.4 Å². The highest BCUT2D eigenvalue weighted by molar-refractivity contribution is 5.78. The number of hydrogen-bond acceptors (Lipinski definition) is 2. The summed E-state index contributed by atoms with van der Waals surface area (Å²) in [6.07, 6.45) is 0. The van der Waals surface area contributed by atoms with Crippen molar-refractivity contribution in [2.24, 2.45) is 5.92 Å². The second kappa shape index (κ2) is 7.96. The summed E-state index contributed by atoms with van der Waals surface area (Å²) in [5.41, 5.74) is 1.92. The number of amides is 1. The van der Waals surface area contributed by atoms with E-state index in [1.165, 1.54) is 24.3 Å². The number of carbonyl (C=O) groups is 1. The number of carbonyl (C=O) groups excluding carboxylic acids is 1. The van der Waals surface area contributed by atoms with Gasteiger partial charge in [-0.1, -0.05) is 38.1 Å². The highest BCUT2D eigenvalue weighted by Crippen LogP contribution is 2.30. The highest BCUT2D eigenvalue weighted by atomic mass is 19.1. The Balaban J connectivity index is 1.84. The zero-order valence-electron chi connectivity index (χ0n) is 15.2. The topological polar surface area (TPSA) is 23.6 Å². The second-order valence-corrected chi connectivity index (χ2v) is 7.02. The Hall–Kier alpha value is -2.27. The molecule has 0 spiro atoms. The SMILES string of the molecule is CC(C)C(=O)N1CCN(C(c2ccc(F)cc2)c2ccc(F)cc2)CC1. The van der Waals surface area contributed by atoms with E-state index >= 15 is 0 Å². The molecular weight excluding hydrogens is 334 g/mol. The molecule has 3 rings (SSSR count). The Morgan fingerprint density at radius 1 is 0.808 bits per heavy atom. The van der Waals surface area contributed by atoms with E-state index in [0.717, 1.165) is 24.2 Å². The maximum absolute atomic E-state index is 13.4. The molecule has 2 aromatic rings. The summed E-state index contributed by atoms with van der Waals surface area (Å²) in [6.45, 7) is 6.59. The Morgan fingerprint density at radius 2 is 1.23 bits per heavy atom. The average Bonchev–Trinajstić information content (AvgIpc) is 2.65. The van der Waals surface area contributed by atoms with Gasteiger partial charge < -0.3 is 4.90 Å². The predicted octanol–water partition coefficient (Wildman–Crippen LogP) is 3.85. The lowest BCUT2D eigenvalue weighted by molar-refractivity contribution is -0.136. The van der Waals surface area contributed by atoms with Crippen LogP contribution in [-0.4, -0.2) is 41.9 Å². The van der Waals surface area contributed by atoms with Crippen LogP contribution in [0.25, 0.3) is 0 Å². The molecule has 1 amide bonds. The van der Waals surface area contributed by atoms with Gasteiger partial charge in [0.15, 0.2) is 0 Å². The Morgan fingerprint density at radius 3 is 1.62 bits per heavy atom. The monoisotopic (exact) mass is 358 g/mol. The third kappa shape index (κ3) is 4.10. The number of nitrogens with zero attached hydrogens (tertiary/aromatic N) is 2. The van der Waals surface area contributed by atoms with Crippen molar-refractivity contribution < 1.29 is 13.6 Å². The minimum atomic E-state index is -0.279. The quantitative estimate of drug-likeness (QED) is 0.829. The van der Waals surface area contributed by atoms with Crippen molar-refractivity contribution in [3.8, 4) is 0 Å². The van der Waals surface area contributed by atoms with Crippen LogP contribution in [0.3, 0.4) is 0 Å². The molecule has 138 valence electrons. The Kier molecular flexibility index (Phi) is 5.67. The number of benzene rings is 2. The van der Waals surface area contributed by atoms with Crippen molar-refractivity contribution in [2.75, 3.05) is 26.2 Å². The van der Waals surface area contributed by atoms with E-state index in [-0.39, 0.29) is 29.5 Å². The molecule has 0 radical (unpaired) electrons. The summed E-state index contributed by atoms with van der Waals surface area (Å²) in [7, 11) is 0. The molecule has 1 saturated heterocycles. The summed E-state index contributed by atoms with van der Waals surface area (Å²) in [4.78, 5) is 16.4. The first-order valence-corrected chi connectivity index (χ1v) is 8.99. The van der Waals surface area contributed by atoms with Gasteiger partial charge in [-0.15, -0.1) is 0 Å². The smallest absolute Gasteiger partial charge is 0.225 e. The molecule has 1 aliphatic rings. The molecule has 2 aromatic carbocycles. The van der Waals surface area contributed by atoms with E-state index in [1.54, 1.807) is 24.3 Å². The fourth-order valence-electron chi connectivity index (χ4n) is 3.47. The van der Waals surface area contributed by atoms with Gasteiger partial charge in [-0.2, -0.15) is 0 Å². The zero-order chi connectivity index (χ0) is 18.7. The Labute approximate surface area is 153 Å². The fraction of sp³-hybridized carbons (Fsp3) is 0.381. The maximum atomic E-state index is 13.4. The molecule has 0 atom stereocenters. The van der Waals surface area contributed by atoms with Crippen molar-refractivity contribution in [1.82, 2.24) is 9.80 Å². The van der Waals surface area contributed by atoms with Crippen LogP contribution in [0.1, 0.15) is 31.0 Å². The molecule has 0 unspecified atom stereocenters. The van der Waals surface area contributed by atoms with Crippen LogP contribution in [-0.2, 0) is 4.79 Å². The molecule has 1 aliphatic heterocycles. The van der Waals surface area contributed by atoms with Crippen molar-refractivity contribution in [3.05, 3.63) is 71.3 Å². The average molecular weight is 358 g/mol. The van der Waals surface area contributed by atoms with E-state index in [9.17, 15) is 13.6 Å². The van der Waals surface area contributed by atoms with Gasteiger partial charge >= 0.3 is 0 Å². The van der Waals surface area contributed by atoms with Crippen molar-refractivity contribution in [3.63, 3.8) is 0 Å². The lowest BCUT2D eigenvalue weighted by Gasteiger charge is -2.40. The summed E-state index contributed by atoms with van der Waals surface area (Å²) in [6, 6.07) is 12.8. The minimum Gasteiger partial charge on any atom is -0.340 e. The highest BCUT2D eigenvalue weighted by Gasteiger charge is 2.28. The normalized spacial score (nSPS) is 15.7. The van der Waals surface area contributed by atoms with Gasteiger partial charge in [0.05, 0.1) is 6.04 Å². The molecule has 1 fully saturated rings. The van der Waals surface area contributed by atoms with Gasteiger partial charge in [0.2, 0.25) is 5.91 Å². The maximum Gasteiger partial charge on any atom is 0.225 e. The molecule has 5 heteroatoms. The van der Waals surface area contributed by atoms with Crippen LogP contribution >= 0.6 is 0 Å². The predicted molar refractivity (Wildman–Crippen MR) is 97.6 cm³/mol. The molecule has 1 heterocycles. The van der Waals surface area contributed by atoms with Crippen LogP contribution < -0.4 is 0 Å². The molecule has 0 bridgehead atoms. The van der Waals surface area contributed by atoms with Crippen molar-refractivity contribution in [1.29, 1.82) is 0 Å². The number of halogens is 2. The lowest BCUT2D eigenvalue weighted by Crippen LogP contribution is -2.50. The Bertz CT molecular complexity index is 690. The van der Waals surface area contributed by atoms with Gasteiger partial charge in [0.1, 0.15) is 11.6 Å². The van der Waals surface area contributed by atoms with E-state index in [0.29, 0.717) is 13.1 Å².